The van der Waals surface area contributed by atoms with Crippen molar-refractivity contribution in [3.63, 3.8) is 0 Å². The molecular weight excluding hydrogens is 304 g/mol. The van der Waals surface area contributed by atoms with Crippen molar-refractivity contribution in [1.29, 1.82) is 0 Å². The predicted molar refractivity (Wildman–Crippen MR) is 97.0 cm³/mol. The average Bonchev–Trinajstić information content (AvgIpc) is 2.98. The van der Waals surface area contributed by atoms with Crippen molar-refractivity contribution >= 4 is 6.09 Å². The van der Waals surface area contributed by atoms with Gasteiger partial charge in [0.05, 0.1) is 11.7 Å². The summed E-state index contributed by atoms with van der Waals surface area (Å²) in [5.41, 5.74) is 0.333. The topological polar surface area (TPSA) is 68.2 Å². The van der Waals surface area contributed by atoms with Crippen LogP contribution in [-0.2, 0) is 11.3 Å². The fourth-order valence-electron chi connectivity index (χ4n) is 2.48. The second-order valence-corrected chi connectivity index (χ2v) is 7.35. The van der Waals surface area contributed by atoms with Crippen LogP contribution in [-0.4, -0.2) is 33.6 Å². The van der Waals surface area contributed by atoms with E-state index in [1.165, 1.54) is 0 Å². The van der Waals surface area contributed by atoms with Gasteiger partial charge in [-0.05, 0) is 47.5 Å². The Morgan fingerprint density at radius 1 is 1.29 bits per heavy atom. The molecule has 1 unspecified atom stereocenters. The number of nitrogens with zero attached hydrogens (tertiary/aromatic N) is 2. The lowest BCUT2D eigenvalue weighted by Gasteiger charge is -2.35. The summed E-state index contributed by atoms with van der Waals surface area (Å²) in [5, 5.41) is 10.9. The van der Waals surface area contributed by atoms with Gasteiger partial charge in [-0.15, -0.1) is 0 Å². The molecule has 1 aromatic heterocycles. The summed E-state index contributed by atoms with van der Waals surface area (Å²) < 4.78 is 7.33. The second-order valence-electron chi connectivity index (χ2n) is 7.35. The molecule has 1 atom stereocenters. The zero-order chi connectivity index (χ0) is 18.4. The molecule has 1 rings (SSSR count). The molecule has 0 bridgehead atoms. The first kappa shape index (κ1) is 20.5. The number of carbonyl (C=O) groups is 1. The van der Waals surface area contributed by atoms with Crippen molar-refractivity contribution in [3.05, 3.63) is 18.0 Å². The summed E-state index contributed by atoms with van der Waals surface area (Å²) in [7, 11) is 0. The van der Waals surface area contributed by atoms with Gasteiger partial charge in [0.2, 0.25) is 0 Å². The lowest BCUT2D eigenvalue weighted by atomic mass is 9.92. The van der Waals surface area contributed by atoms with E-state index in [0.29, 0.717) is 6.54 Å². The van der Waals surface area contributed by atoms with Gasteiger partial charge in [-0.25, -0.2) is 4.79 Å². The number of amides is 1. The molecule has 0 saturated heterocycles. The lowest BCUT2D eigenvalue weighted by Crippen LogP contribution is -2.55. The van der Waals surface area contributed by atoms with Crippen molar-refractivity contribution in [1.82, 2.24) is 20.4 Å². The third-order valence-corrected chi connectivity index (χ3v) is 4.34. The van der Waals surface area contributed by atoms with Gasteiger partial charge in [-0.2, -0.15) is 5.10 Å². The minimum absolute atomic E-state index is 0.170. The molecule has 1 amide bonds. The summed E-state index contributed by atoms with van der Waals surface area (Å²) in [6.07, 6.45) is 5.24. The maximum absolute atomic E-state index is 12.2. The van der Waals surface area contributed by atoms with Crippen molar-refractivity contribution in [2.75, 3.05) is 6.54 Å². The molecule has 0 aliphatic rings. The van der Waals surface area contributed by atoms with Gasteiger partial charge < -0.3 is 15.4 Å². The van der Waals surface area contributed by atoms with Crippen LogP contribution in [0.4, 0.5) is 4.79 Å². The van der Waals surface area contributed by atoms with Gasteiger partial charge in [0.15, 0.2) is 0 Å². The van der Waals surface area contributed by atoms with E-state index in [2.05, 4.69) is 49.6 Å². The number of aromatic nitrogens is 2. The lowest BCUT2D eigenvalue weighted by molar-refractivity contribution is 0.0444. The van der Waals surface area contributed by atoms with Crippen molar-refractivity contribution in [2.45, 2.75) is 85.0 Å². The number of hydrogen-bond donors (Lipinski definition) is 2. The SMILES string of the molecule is CCn1cc(C(C)NCC(CC)(CC)NC(=O)OC(C)(C)C)cn1. The van der Waals surface area contributed by atoms with E-state index < -0.39 is 5.60 Å². The molecule has 0 aromatic carbocycles. The quantitative estimate of drug-likeness (QED) is 0.759. The zero-order valence-electron chi connectivity index (χ0n) is 16.3. The van der Waals surface area contributed by atoms with E-state index in [0.717, 1.165) is 24.9 Å². The maximum Gasteiger partial charge on any atom is 0.408 e. The van der Waals surface area contributed by atoms with Gasteiger partial charge in [0.25, 0.3) is 0 Å². The number of rotatable bonds is 8. The molecule has 138 valence electrons. The standard InChI is InChI=1S/C18H34N4O2/c1-8-18(9-2,21-16(23)24-17(5,6)7)13-19-14(4)15-11-20-22(10-3)12-15/h11-12,14,19H,8-10,13H2,1-7H3,(H,21,23). The molecule has 24 heavy (non-hydrogen) atoms. The summed E-state index contributed by atoms with van der Waals surface area (Å²) in [6, 6.07) is 0.170. The molecule has 1 heterocycles. The Morgan fingerprint density at radius 2 is 1.92 bits per heavy atom. The fourth-order valence-corrected chi connectivity index (χ4v) is 2.48. The Kier molecular flexibility index (Phi) is 7.27. The van der Waals surface area contributed by atoms with Crippen LogP contribution in [0.15, 0.2) is 12.4 Å². The van der Waals surface area contributed by atoms with Crippen LogP contribution in [0.1, 0.15) is 72.9 Å². The third-order valence-electron chi connectivity index (χ3n) is 4.34. The molecule has 0 spiro atoms. The van der Waals surface area contributed by atoms with Gasteiger partial charge in [-0.1, -0.05) is 13.8 Å². The smallest absolute Gasteiger partial charge is 0.408 e. The maximum atomic E-state index is 12.2. The van der Waals surface area contributed by atoms with Gasteiger partial charge in [-0.3, -0.25) is 4.68 Å². The molecular formula is C18H34N4O2. The fraction of sp³-hybridized carbons (Fsp3) is 0.778. The molecule has 0 aliphatic heterocycles. The molecule has 6 heteroatoms. The Morgan fingerprint density at radius 3 is 2.38 bits per heavy atom. The first-order chi connectivity index (χ1) is 11.1. The molecule has 6 nitrogen and oxygen atoms in total. The number of hydrogen-bond acceptors (Lipinski definition) is 4. The summed E-state index contributed by atoms with van der Waals surface area (Å²) in [5.74, 6) is 0. The van der Waals surface area contributed by atoms with E-state index >= 15 is 0 Å². The minimum Gasteiger partial charge on any atom is -0.444 e. The third kappa shape index (κ3) is 6.15. The van der Waals surface area contributed by atoms with Crippen LogP contribution in [0.5, 0.6) is 0 Å². The van der Waals surface area contributed by atoms with Crippen LogP contribution < -0.4 is 10.6 Å². The highest BCUT2D eigenvalue weighted by molar-refractivity contribution is 5.68. The van der Waals surface area contributed by atoms with Crippen LogP contribution in [0.2, 0.25) is 0 Å². The Hall–Kier alpha value is -1.56. The normalized spacial score (nSPS) is 13.6. The van der Waals surface area contributed by atoms with E-state index in [-0.39, 0.29) is 17.7 Å². The van der Waals surface area contributed by atoms with Crippen molar-refractivity contribution in [2.24, 2.45) is 0 Å². The molecule has 2 N–H and O–H groups in total. The highest BCUT2D eigenvalue weighted by atomic mass is 16.6. The summed E-state index contributed by atoms with van der Waals surface area (Å²) in [6.45, 7) is 15.5. The van der Waals surface area contributed by atoms with Crippen molar-refractivity contribution < 1.29 is 9.53 Å². The average molecular weight is 338 g/mol. The number of ether oxygens (including phenoxy) is 1. The number of alkyl carbamates (subject to hydrolysis) is 1. The first-order valence-electron chi connectivity index (χ1n) is 8.91. The zero-order valence-corrected chi connectivity index (χ0v) is 16.3. The van der Waals surface area contributed by atoms with Gasteiger partial charge >= 0.3 is 6.09 Å². The van der Waals surface area contributed by atoms with Crippen LogP contribution in [0.25, 0.3) is 0 Å². The largest absolute Gasteiger partial charge is 0.444 e. The van der Waals surface area contributed by atoms with E-state index in [9.17, 15) is 4.79 Å². The molecule has 0 radical (unpaired) electrons. The van der Waals surface area contributed by atoms with E-state index in [1.54, 1.807) is 0 Å². The minimum atomic E-state index is -0.493. The summed E-state index contributed by atoms with van der Waals surface area (Å²) in [4.78, 5) is 12.2. The van der Waals surface area contributed by atoms with Gasteiger partial charge in [0, 0.05) is 30.9 Å². The number of nitrogens with one attached hydrogen (secondary N) is 2. The Bertz CT molecular complexity index is 515. The van der Waals surface area contributed by atoms with Crippen LogP contribution in [0.3, 0.4) is 0 Å². The van der Waals surface area contributed by atoms with E-state index in [1.807, 2.05) is 31.6 Å². The van der Waals surface area contributed by atoms with Gasteiger partial charge in [0.1, 0.15) is 5.60 Å². The monoisotopic (exact) mass is 338 g/mol. The highest BCUT2D eigenvalue weighted by Crippen LogP contribution is 2.19. The van der Waals surface area contributed by atoms with Crippen LogP contribution >= 0.6 is 0 Å². The molecule has 0 saturated carbocycles. The molecule has 0 fully saturated rings. The number of carbonyl (C=O) groups excluding carboxylic acids is 1. The number of aryl methyl sites for hydroxylation is 1. The van der Waals surface area contributed by atoms with E-state index in [4.69, 9.17) is 4.74 Å². The molecule has 1 aromatic rings. The molecule has 0 aliphatic carbocycles. The van der Waals surface area contributed by atoms with Crippen molar-refractivity contribution in [3.8, 4) is 0 Å². The summed E-state index contributed by atoms with van der Waals surface area (Å²) >= 11 is 0. The second kappa shape index (κ2) is 8.51. The highest BCUT2D eigenvalue weighted by Gasteiger charge is 2.30. The Labute approximate surface area is 146 Å². The van der Waals surface area contributed by atoms with Crippen LogP contribution in [0, 0.1) is 0 Å². The first-order valence-corrected chi connectivity index (χ1v) is 8.91. The Balaban J connectivity index is 2.68. The predicted octanol–water partition coefficient (Wildman–Crippen LogP) is 3.64.